The summed E-state index contributed by atoms with van der Waals surface area (Å²) in [5, 5.41) is 3.24. The van der Waals surface area contributed by atoms with Gasteiger partial charge in [-0.2, -0.15) is 0 Å². The molecule has 2 aromatic rings. The van der Waals surface area contributed by atoms with E-state index in [9.17, 15) is 4.79 Å². The lowest BCUT2D eigenvalue weighted by molar-refractivity contribution is 0.101. The lowest BCUT2D eigenvalue weighted by Gasteiger charge is -2.13. The first-order chi connectivity index (χ1) is 9.47. The smallest absolute Gasteiger partial charge is 0.181 e. The minimum atomic E-state index is 0.0386. The van der Waals surface area contributed by atoms with Crippen molar-refractivity contribution in [3.63, 3.8) is 0 Å². The van der Waals surface area contributed by atoms with Crippen LogP contribution in [0, 0.1) is 20.8 Å². The number of anilines is 2. The molecule has 2 aromatic carbocycles. The van der Waals surface area contributed by atoms with Crippen LogP contribution in [0.15, 0.2) is 36.4 Å². The zero-order valence-electron chi connectivity index (χ0n) is 12.2. The van der Waals surface area contributed by atoms with Gasteiger partial charge in [0.05, 0.1) is 6.54 Å². The van der Waals surface area contributed by atoms with Gasteiger partial charge < -0.3 is 11.1 Å². The molecule has 0 atom stereocenters. The molecule has 0 aromatic heterocycles. The van der Waals surface area contributed by atoms with Crippen molar-refractivity contribution in [2.24, 2.45) is 0 Å². The Bertz CT molecular complexity index is 624. The Labute approximate surface area is 119 Å². The molecular formula is C17H20N2O. The molecule has 0 saturated heterocycles. The van der Waals surface area contributed by atoms with Crippen LogP contribution in [-0.4, -0.2) is 12.3 Å². The van der Waals surface area contributed by atoms with Crippen LogP contribution in [0.25, 0.3) is 0 Å². The number of rotatable bonds is 4. The summed E-state index contributed by atoms with van der Waals surface area (Å²) in [7, 11) is 0. The molecule has 0 aliphatic heterocycles. The van der Waals surface area contributed by atoms with Gasteiger partial charge in [0.1, 0.15) is 0 Å². The topological polar surface area (TPSA) is 55.1 Å². The summed E-state index contributed by atoms with van der Waals surface area (Å²) in [6.07, 6.45) is 0. The summed E-state index contributed by atoms with van der Waals surface area (Å²) >= 11 is 0. The van der Waals surface area contributed by atoms with E-state index in [2.05, 4.69) is 24.4 Å². The molecule has 2 rings (SSSR count). The molecule has 0 heterocycles. The molecule has 3 heteroatoms. The first-order valence-corrected chi connectivity index (χ1v) is 6.68. The fourth-order valence-corrected chi connectivity index (χ4v) is 2.44. The predicted octanol–water partition coefficient (Wildman–Crippen LogP) is 3.49. The second-order valence-corrected chi connectivity index (χ2v) is 5.18. The van der Waals surface area contributed by atoms with Crippen molar-refractivity contribution in [2.45, 2.75) is 20.8 Å². The van der Waals surface area contributed by atoms with Crippen LogP contribution in [0.4, 0.5) is 11.4 Å². The number of benzene rings is 2. The Kier molecular flexibility index (Phi) is 4.08. The van der Waals surface area contributed by atoms with Crippen molar-refractivity contribution < 1.29 is 4.79 Å². The molecule has 0 aliphatic rings. The number of nitrogens with one attached hydrogen (secondary N) is 1. The fraction of sp³-hybridized carbons (Fsp3) is 0.235. The number of nitrogens with two attached hydrogens (primary N) is 1. The summed E-state index contributed by atoms with van der Waals surface area (Å²) in [6, 6.07) is 11.3. The van der Waals surface area contributed by atoms with Crippen LogP contribution in [0.3, 0.4) is 0 Å². The molecule has 0 aliphatic carbocycles. The number of carbonyl (C=O) groups is 1. The van der Waals surface area contributed by atoms with E-state index in [0.29, 0.717) is 11.3 Å². The summed E-state index contributed by atoms with van der Waals surface area (Å²) < 4.78 is 0. The zero-order valence-corrected chi connectivity index (χ0v) is 12.2. The average molecular weight is 268 g/mol. The predicted molar refractivity (Wildman–Crippen MR) is 84.3 cm³/mol. The van der Waals surface area contributed by atoms with Crippen molar-refractivity contribution in [3.8, 4) is 0 Å². The Morgan fingerprint density at radius 3 is 2.35 bits per heavy atom. The van der Waals surface area contributed by atoms with E-state index in [0.717, 1.165) is 16.8 Å². The minimum Gasteiger partial charge on any atom is -0.399 e. The SMILES string of the molecule is Cc1cc(C)c(NCC(=O)c2cccc(N)c2)c(C)c1. The van der Waals surface area contributed by atoms with Crippen molar-refractivity contribution in [3.05, 3.63) is 58.7 Å². The van der Waals surface area contributed by atoms with E-state index < -0.39 is 0 Å². The van der Waals surface area contributed by atoms with Gasteiger partial charge in [0.15, 0.2) is 5.78 Å². The molecule has 0 unspecified atom stereocenters. The molecule has 0 spiro atoms. The molecule has 104 valence electrons. The normalized spacial score (nSPS) is 10.3. The number of Topliss-reactive ketones (excluding diaryl/α,β-unsaturated/α-hetero) is 1. The molecule has 0 fully saturated rings. The molecular weight excluding hydrogens is 248 g/mol. The van der Waals surface area contributed by atoms with Gasteiger partial charge in [-0.15, -0.1) is 0 Å². The third-order valence-corrected chi connectivity index (χ3v) is 3.31. The maximum Gasteiger partial charge on any atom is 0.181 e. The van der Waals surface area contributed by atoms with Crippen molar-refractivity contribution in [1.29, 1.82) is 0 Å². The Morgan fingerprint density at radius 2 is 1.75 bits per heavy atom. The average Bonchev–Trinajstić information content (AvgIpc) is 2.37. The second-order valence-electron chi connectivity index (χ2n) is 5.18. The Balaban J connectivity index is 2.11. The number of hydrogen-bond acceptors (Lipinski definition) is 3. The molecule has 0 bridgehead atoms. The number of carbonyl (C=O) groups excluding carboxylic acids is 1. The molecule has 0 amide bonds. The van der Waals surface area contributed by atoms with Gasteiger partial charge in [0, 0.05) is 16.9 Å². The van der Waals surface area contributed by atoms with Crippen LogP contribution in [0.5, 0.6) is 0 Å². The molecule has 20 heavy (non-hydrogen) atoms. The highest BCUT2D eigenvalue weighted by molar-refractivity contribution is 5.99. The Hall–Kier alpha value is -2.29. The van der Waals surface area contributed by atoms with E-state index in [4.69, 9.17) is 5.73 Å². The largest absolute Gasteiger partial charge is 0.399 e. The second kappa shape index (κ2) is 5.78. The van der Waals surface area contributed by atoms with Crippen molar-refractivity contribution in [1.82, 2.24) is 0 Å². The number of nitrogen functional groups attached to an aromatic ring is 1. The zero-order chi connectivity index (χ0) is 14.7. The van der Waals surface area contributed by atoms with Gasteiger partial charge in [-0.05, 0) is 44.0 Å². The van der Waals surface area contributed by atoms with E-state index in [1.807, 2.05) is 13.8 Å². The molecule has 3 nitrogen and oxygen atoms in total. The lowest BCUT2D eigenvalue weighted by atomic mass is 10.0. The fourth-order valence-electron chi connectivity index (χ4n) is 2.44. The monoisotopic (exact) mass is 268 g/mol. The van der Waals surface area contributed by atoms with Gasteiger partial charge in [0.2, 0.25) is 0 Å². The van der Waals surface area contributed by atoms with Crippen LogP contribution in [-0.2, 0) is 0 Å². The molecule has 0 saturated carbocycles. The van der Waals surface area contributed by atoms with Crippen LogP contribution in [0.2, 0.25) is 0 Å². The van der Waals surface area contributed by atoms with Gasteiger partial charge in [0.25, 0.3) is 0 Å². The summed E-state index contributed by atoms with van der Waals surface area (Å²) in [5.74, 6) is 0.0386. The van der Waals surface area contributed by atoms with Gasteiger partial charge in [-0.25, -0.2) is 0 Å². The third kappa shape index (κ3) is 3.18. The number of aryl methyl sites for hydroxylation is 3. The summed E-state index contributed by atoms with van der Waals surface area (Å²) in [6.45, 7) is 6.44. The van der Waals surface area contributed by atoms with Gasteiger partial charge >= 0.3 is 0 Å². The highest BCUT2D eigenvalue weighted by atomic mass is 16.1. The summed E-state index contributed by atoms with van der Waals surface area (Å²) in [4.78, 5) is 12.1. The van der Waals surface area contributed by atoms with Crippen LogP contribution < -0.4 is 11.1 Å². The van der Waals surface area contributed by atoms with Gasteiger partial charge in [-0.3, -0.25) is 4.79 Å². The first-order valence-electron chi connectivity index (χ1n) is 6.68. The lowest BCUT2D eigenvalue weighted by Crippen LogP contribution is -2.15. The van der Waals surface area contributed by atoms with E-state index in [-0.39, 0.29) is 12.3 Å². The minimum absolute atomic E-state index is 0.0386. The van der Waals surface area contributed by atoms with E-state index >= 15 is 0 Å². The quantitative estimate of drug-likeness (QED) is 0.659. The number of ketones is 1. The summed E-state index contributed by atoms with van der Waals surface area (Å²) in [5.41, 5.74) is 11.5. The van der Waals surface area contributed by atoms with Crippen molar-refractivity contribution >= 4 is 17.2 Å². The third-order valence-electron chi connectivity index (χ3n) is 3.31. The van der Waals surface area contributed by atoms with Crippen LogP contribution >= 0.6 is 0 Å². The molecule has 0 radical (unpaired) electrons. The van der Waals surface area contributed by atoms with E-state index in [1.54, 1.807) is 24.3 Å². The van der Waals surface area contributed by atoms with Crippen molar-refractivity contribution in [2.75, 3.05) is 17.6 Å². The van der Waals surface area contributed by atoms with Crippen LogP contribution in [0.1, 0.15) is 27.0 Å². The highest BCUT2D eigenvalue weighted by Crippen LogP contribution is 2.21. The van der Waals surface area contributed by atoms with E-state index in [1.165, 1.54) is 5.56 Å². The molecule has 3 N–H and O–H groups in total. The maximum absolute atomic E-state index is 12.1. The standard InChI is InChI=1S/C17H20N2O/c1-11-7-12(2)17(13(3)8-11)19-10-16(20)14-5-4-6-15(18)9-14/h4-9,19H,10,18H2,1-3H3. The maximum atomic E-state index is 12.1. The number of hydrogen-bond donors (Lipinski definition) is 2. The van der Waals surface area contributed by atoms with Gasteiger partial charge in [-0.1, -0.05) is 29.8 Å². The Morgan fingerprint density at radius 1 is 1.10 bits per heavy atom. The highest BCUT2D eigenvalue weighted by Gasteiger charge is 2.08. The first kappa shape index (κ1) is 14.1.